The Morgan fingerprint density at radius 2 is 2.07 bits per heavy atom. The number of aliphatic imine (C=N–C) groups is 1. The van der Waals surface area contributed by atoms with Crippen LogP contribution < -0.4 is 14.8 Å². The van der Waals surface area contributed by atoms with Crippen LogP contribution in [0.1, 0.15) is 19.4 Å². The lowest BCUT2D eigenvalue weighted by Crippen LogP contribution is -2.50. The highest BCUT2D eigenvalue weighted by Gasteiger charge is 2.21. The van der Waals surface area contributed by atoms with Crippen molar-refractivity contribution >= 4 is 5.96 Å². The van der Waals surface area contributed by atoms with Gasteiger partial charge >= 0.3 is 0 Å². The molecule has 164 valence electrons. The minimum absolute atomic E-state index is 0.193. The molecule has 7 nitrogen and oxygen atoms in total. The average Bonchev–Trinajstić information content (AvgIpc) is 2.72. The summed E-state index contributed by atoms with van der Waals surface area (Å²) >= 11 is 0. The van der Waals surface area contributed by atoms with Gasteiger partial charge in [0, 0.05) is 46.8 Å². The molecule has 0 radical (unpaired) electrons. The van der Waals surface area contributed by atoms with E-state index in [1.165, 1.54) is 5.56 Å². The van der Waals surface area contributed by atoms with Crippen molar-refractivity contribution < 1.29 is 14.2 Å². The summed E-state index contributed by atoms with van der Waals surface area (Å²) in [6, 6.07) is 6.05. The number of methoxy groups -OCH3 is 2. The number of likely N-dealkylation sites (N-methyl/N-ethyl adjacent to an activating group) is 1. The number of nitrogens with zero attached hydrogens (tertiary/aromatic N) is 3. The molecule has 2 rings (SSSR count). The van der Waals surface area contributed by atoms with Crippen molar-refractivity contribution in [3.05, 3.63) is 23.8 Å². The first-order valence-corrected chi connectivity index (χ1v) is 10.4. The van der Waals surface area contributed by atoms with Crippen LogP contribution in [0, 0.1) is 5.92 Å². The van der Waals surface area contributed by atoms with Gasteiger partial charge in [0.15, 0.2) is 17.5 Å². The predicted molar refractivity (Wildman–Crippen MR) is 118 cm³/mol. The van der Waals surface area contributed by atoms with Gasteiger partial charge < -0.3 is 24.4 Å². The van der Waals surface area contributed by atoms with E-state index >= 15 is 0 Å². The molecule has 1 aromatic rings. The minimum atomic E-state index is 0.193. The lowest BCUT2D eigenvalue weighted by molar-refractivity contribution is -0.0286. The monoisotopic (exact) mass is 406 g/mol. The zero-order chi connectivity index (χ0) is 21.2. The van der Waals surface area contributed by atoms with Gasteiger partial charge in [-0.3, -0.25) is 9.89 Å². The minimum Gasteiger partial charge on any atom is -0.493 e. The average molecular weight is 407 g/mol. The Morgan fingerprint density at radius 1 is 1.31 bits per heavy atom. The van der Waals surface area contributed by atoms with E-state index in [1.54, 1.807) is 14.2 Å². The number of hydrogen-bond acceptors (Lipinski definition) is 5. The van der Waals surface area contributed by atoms with Crippen molar-refractivity contribution in [1.29, 1.82) is 0 Å². The Hall–Kier alpha value is -1.99. The normalized spacial score (nSPS) is 18.0. The number of benzene rings is 1. The van der Waals surface area contributed by atoms with E-state index in [2.05, 4.69) is 47.1 Å². The predicted octanol–water partition coefficient (Wildman–Crippen LogP) is 2.11. The maximum absolute atomic E-state index is 5.94. The quantitative estimate of drug-likeness (QED) is 0.501. The van der Waals surface area contributed by atoms with Crippen molar-refractivity contribution in [2.45, 2.75) is 26.4 Å². The van der Waals surface area contributed by atoms with Gasteiger partial charge in [-0.2, -0.15) is 0 Å². The summed E-state index contributed by atoms with van der Waals surface area (Å²) in [6.45, 7) is 10.1. The zero-order valence-electron chi connectivity index (χ0n) is 18.9. The topological polar surface area (TPSA) is 58.6 Å². The molecule has 1 fully saturated rings. The summed E-state index contributed by atoms with van der Waals surface area (Å²) in [5.74, 6) is 3.07. The second-order valence-corrected chi connectivity index (χ2v) is 7.94. The molecule has 0 bridgehead atoms. The van der Waals surface area contributed by atoms with Gasteiger partial charge in [-0.15, -0.1) is 0 Å². The second kappa shape index (κ2) is 11.9. The third-order valence-corrected chi connectivity index (χ3v) is 5.09. The lowest BCUT2D eigenvalue weighted by Gasteiger charge is -2.34. The van der Waals surface area contributed by atoms with Crippen molar-refractivity contribution in [3.8, 4) is 11.5 Å². The third-order valence-electron chi connectivity index (χ3n) is 5.09. The van der Waals surface area contributed by atoms with Gasteiger partial charge in [0.1, 0.15) is 0 Å². The molecule has 0 aliphatic carbocycles. The van der Waals surface area contributed by atoms with Gasteiger partial charge in [0.2, 0.25) is 0 Å². The molecule has 1 aromatic carbocycles. The highest BCUT2D eigenvalue weighted by atomic mass is 16.5. The molecule has 1 heterocycles. The van der Waals surface area contributed by atoms with E-state index in [0.717, 1.165) is 63.2 Å². The maximum Gasteiger partial charge on any atom is 0.193 e. The molecule has 0 amide bonds. The molecule has 0 aromatic heterocycles. The zero-order valence-corrected chi connectivity index (χ0v) is 18.9. The molecule has 1 atom stereocenters. The van der Waals surface area contributed by atoms with Gasteiger partial charge in [0.25, 0.3) is 0 Å². The summed E-state index contributed by atoms with van der Waals surface area (Å²) in [6.07, 6.45) is 1.08. The fraction of sp³-hybridized carbons (Fsp3) is 0.682. The van der Waals surface area contributed by atoms with Crippen LogP contribution in [0.5, 0.6) is 11.5 Å². The molecule has 1 aliphatic heterocycles. The number of hydrogen-bond donors (Lipinski definition) is 1. The molecule has 1 aliphatic rings. The molecule has 0 saturated carbocycles. The molecular weight excluding hydrogens is 368 g/mol. The molecule has 1 N–H and O–H groups in total. The fourth-order valence-electron chi connectivity index (χ4n) is 3.61. The number of ether oxygens (including phenoxy) is 3. The van der Waals surface area contributed by atoms with E-state index in [9.17, 15) is 0 Å². The van der Waals surface area contributed by atoms with E-state index in [4.69, 9.17) is 14.2 Å². The number of nitrogens with one attached hydrogen (secondary N) is 1. The first-order chi connectivity index (χ1) is 14.0. The Kier molecular flexibility index (Phi) is 9.54. The molecule has 7 heteroatoms. The summed E-state index contributed by atoms with van der Waals surface area (Å²) in [7, 11) is 7.19. The first-order valence-electron chi connectivity index (χ1n) is 10.4. The molecule has 29 heavy (non-hydrogen) atoms. The largest absolute Gasteiger partial charge is 0.493 e. The maximum atomic E-state index is 5.94. The summed E-state index contributed by atoms with van der Waals surface area (Å²) in [5, 5.41) is 3.47. The van der Waals surface area contributed by atoms with Crippen LogP contribution >= 0.6 is 0 Å². The Labute approximate surface area is 176 Å². The lowest BCUT2D eigenvalue weighted by atomic mass is 10.1. The van der Waals surface area contributed by atoms with Crippen LogP contribution in [0.4, 0.5) is 0 Å². The van der Waals surface area contributed by atoms with E-state index in [1.807, 2.05) is 19.2 Å². The Morgan fingerprint density at radius 3 is 2.72 bits per heavy atom. The molecule has 1 saturated heterocycles. The third kappa shape index (κ3) is 7.40. The van der Waals surface area contributed by atoms with Gasteiger partial charge in [-0.25, -0.2) is 0 Å². The smallest absolute Gasteiger partial charge is 0.193 e. The first kappa shape index (κ1) is 23.3. The summed E-state index contributed by atoms with van der Waals surface area (Å²) in [4.78, 5) is 9.07. The number of morpholine rings is 1. The van der Waals surface area contributed by atoms with Gasteiger partial charge in [-0.1, -0.05) is 19.9 Å². The van der Waals surface area contributed by atoms with Crippen LogP contribution in [0.25, 0.3) is 0 Å². The highest BCUT2D eigenvalue weighted by molar-refractivity contribution is 5.79. The molecule has 0 spiro atoms. The van der Waals surface area contributed by atoms with Crippen molar-refractivity contribution in [2.24, 2.45) is 10.9 Å². The highest BCUT2D eigenvalue weighted by Crippen LogP contribution is 2.27. The summed E-state index contributed by atoms with van der Waals surface area (Å²) < 4.78 is 16.6. The van der Waals surface area contributed by atoms with Crippen molar-refractivity contribution in [1.82, 2.24) is 15.1 Å². The number of guanidine groups is 1. The Balaban J connectivity index is 1.82. The van der Waals surface area contributed by atoms with E-state index in [-0.39, 0.29) is 6.10 Å². The van der Waals surface area contributed by atoms with Crippen molar-refractivity contribution in [2.75, 3.05) is 67.6 Å². The van der Waals surface area contributed by atoms with Crippen LogP contribution in [0.3, 0.4) is 0 Å². The second-order valence-electron chi connectivity index (χ2n) is 7.94. The number of rotatable bonds is 9. The van der Waals surface area contributed by atoms with Crippen LogP contribution in [0.2, 0.25) is 0 Å². The van der Waals surface area contributed by atoms with Crippen molar-refractivity contribution in [3.63, 3.8) is 0 Å². The van der Waals surface area contributed by atoms with Crippen LogP contribution in [-0.4, -0.2) is 89.5 Å². The summed E-state index contributed by atoms with van der Waals surface area (Å²) in [5.41, 5.74) is 1.20. The molecule has 1 unspecified atom stereocenters. The van der Waals surface area contributed by atoms with E-state index < -0.39 is 0 Å². The molecular formula is C22H38N4O3. The SMILES string of the molecule is CN=C(NCC1CN(CC(C)C)CCO1)N(C)CCc1ccc(OC)c(OC)c1. The fourth-order valence-corrected chi connectivity index (χ4v) is 3.61. The van der Waals surface area contributed by atoms with Crippen LogP contribution in [-0.2, 0) is 11.2 Å². The Bertz CT molecular complexity index is 651. The van der Waals surface area contributed by atoms with Gasteiger partial charge in [-0.05, 0) is 30.0 Å². The van der Waals surface area contributed by atoms with E-state index in [0.29, 0.717) is 5.92 Å². The van der Waals surface area contributed by atoms with Crippen LogP contribution in [0.15, 0.2) is 23.2 Å². The standard InChI is InChI=1S/C22H38N4O3/c1-17(2)15-26-11-12-29-19(16-26)14-24-22(23-3)25(4)10-9-18-7-8-20(27-5)21(13-18)28-6/h7-8,13,17,19H,9-12,14-16H2,1-6H3,(H,23,24). The van der Waals surface area contributed by atoms with Gasteiger partial charge in [0.05, 0.1) is 26.9 Å².